The minimum Gasteiger partial charge on any atom is -0.392 e. The van der Waals surface area contributed by atoms with Gasteiger partial charge in [0, 0.05) is 20.2 Å². The lowest BCUT2D eigenvalue weighted by molar-refractivity contribution is 0.157. The molecule has 1 aromatic rings. The Morgan fingerprint density at radius 1 is 1.43 bits per heavy atom. The van der Waals surface area contributed by atoms with Crippen molar-refractivity contribution >= 4 is 10.0 Å². The molecule has 1 fully saturated rings. The van der Waals surface area contributed by atoms with Crippen LogP contribution in [0, 0.1) is 5.92 Å². The molecule has 1 aromatic carbocycles. The van der Waals surface area contributed by atoms with Crippen LogP contribution >= 0.6 is 0 Å². The van der Waals surface area contributed by atoms with Crippen molar-refractivity contribution in [2.24, 2.45) is 5.92 Å². The molecule has 1 atom stereocenters. The molecule has 0 bridgehead atoms. The zero-order valence-electron chi connectivity index (χ0n) is 12.6. The van der Waals surface area contributed by atoms with E-state index in [9.17, 15) is 13.5 Å². The van der Waals surface area contributed by atoms with Crippen LogP contribution in [0.1, 0.15) is 24.5 Å². The molecule has 1 aliphatic rings. The van der Waals surface area contributed by atoms with E-state index in [1.165, 1.54) is 4.31 Å². The average Bonchev–Trinajstić information content (AvgIpc) is 2.96. The fourth-order valence-electron chi connectivity index (χ4n) is 2.76. The number of benzene rings is 1. The number of sulfonamides is 1. The van der Waals surface area contributed by atoms with Crippen LogP contribution < -0.4 is 0 Å². The SMILES string of the molecule is CCc1ccc(CO)cc1S(=O)(=O)N1CCC(COC)C1. The van der Waals surface area contributed by atoms with Crippen molar-refractivity contribution in [3.05, 3.63) is 29.3 Å². The van der Waals surface area contributed by atoms with Crippen molar-refractivity contribution in [1.29, 1.82) is 0 Å². The summed E-state index contributed by atoms with van der Waals surface area (Å²) in [5.41, 5.74) is 1.42. The van der Waals surface area contributed by atoms with Gasteiger partial charge in [-0.15, -0.1) is 0 Å². The molecule has 0 amide bonds. The first-order valence-electron chi connectivity index (χ1n) is 7.24. The second kappa shape index (κ2) is 6.87. The highest BCUT2D eigenvalue weighted by Gasteiger charge is 2.33. The number of rotatable bonds is 6. The Balaban J connectivity index is 2.31. The molecule has 6 heteroatoms. The summed E-state index contributed by atoms with van der Waals surface area (Å²) in [6, 6.07) is 5.16. The van der Waals surface area contributed by atoms with Crippen LogP contribution in [0.4, 0.5) is 0 Å². The standard InChI is InChI=1S/C15H23NO4S/c1-3-14-5-4-12(10-17)8-15(14)21(18,19)16-7-6-13(9-16)11-20-2/h4-5,8,13,17H,3,6-7,9-11H2,1-2H3. The molecule has 0 spiro atoms. The van der Waals surface area contributed by atoms with Gasteiger partial charge in [0.15, 0.2) is 0 Å². The van der Waals surface area contributed by atoms with E-state index in [4.69, 9.17) is 4.74 Å². The topological polar surface area (TPSA) is 66.8 Å². The molecule has 1 unspecified atom stereocenters. The molecule has 0 aliphatic carbocycles. The molecule has 5 nitrogen and oxygen atoms in total. The highest BCUT2D eigenvalue weighted by Crippen LogP contribution is 2.27. The summed E-state index contributed by atoms with van der Waals surface area (Å²) in [6.45, 7) is 3.40. The number of ether oxygens (including phenoxy) is 1. The van der Waals surface area contributed by atoms with Gasteiger partial charge in [-0.1, -0.05) is 19.1 Å². The third-order valence-electron chi connectivity index (χ3n) is 3.96. The molecule has 1 aliphatic heterocycles. The highest BCUT2D eigenvalue weighted by atomic mass is 32.2. The summed E-state index contributed by atoms with van der Waals surface area (Å²) in [5, 5.41) is 9.24. The first-order chi connectivity index (χ1) is 10.0. The van der Waals surface area contributed by atoms with Crippen molar-refractivity contribution in [2.75, 3.05) is 26.8 Å². The van der Waals surface area contributed by atoms with Crippen LogP contribution in [0.25, 0.3) is 0 Å². The second-order valence-corrected chi connectivity index (χ2v) is 7.33. The van der Waals surface area contributed by atoms with E-state index in [0.717, 1.165) is 12.0 Å². The predicted molar refractivity (Wildman–Crippen MR) is 80.5 cm³/mol. The largest absolute Gasteiger partial charge is 0.392 e. The van der Waals surface area contributed by atoms with E-state index in [-0.39, 0.29) is 12.5 Å². The maximum absolute atomic E-state index is 12.8. The second-order valence-electron chi connectivity index (χ2n) is 5.43. The van der Waals surface area contributed by atoms with Crippen molar-refractivity contribution in [2.45, 2.75) is 31.3 Å². The lowest BCUT2D eigenvalue weighted by atomic mass is 10.1. The molecular formula is C15H23NO4S. The quantitative estimate of drug-likeness (QED) is 0.862. The van der Waals surface area contributed by atoms with E-state index in [1.807, 2.05) is 6.92 Å². The third-order valence-corrected chi connectivity index (χ3v) is 5.91. The van der Waals surface area contributed by atoms with Gasteiger partial charge in [-0.25, -0.2) is 8.42 Å². The Bertz CT molecular complexity index is 585. The van der Waals surface area contributed by atoms with Crippen molar-refractivity contribution in [3.8, 4) is 0 Å². The molecule has 21 heavy (non-hydrogen) atoms. The maximum Gasteiger partial charge on any atom is 0.243 e. The summed E-state index contributed by atoms with van der Waals surface area (Å²) < 4.78 is 32.3. The average molecular weight is 313 g/mol. The Morgan fingerprint density at radius 3 is 2.81 bits per heavy atom. The van der Waals surface area contributed by atoms with Crippen LogP contribution in [0.3, 0.4) is 0 Å². The van der Waals surface area contributed by atoms with Crippen LogP contribution in [-0.2, 0) is 27.8 Å². The number of aliphatic hydroxyl groups is 1. The van der Waals surface area contributed by atoms with Gasteiger partial charge in [0.25, 0.3) is 0 Å². The maximum atomic E-state index is 12.8. The lowest BCUT2D eigenvalue weighted by Crippen LogP contribution is -2.30. The fourth-order valence-corrected chi connectivity index (χ4v) is 4.63. The molecule has 2 rings (SSSR count). The molecule has 1 heterocycles. The van der Waals surface area contributed by atoms with E-state index in [2.05, 4.69) is 0 Å². The first-order valence-corrected chi connectivity index (χ1v) is 8.68. The van der Waals surface area contributed by atoms with Gasteiger partial charge >= 0.3 is 0 Å². The van der Waals surface area contributed by atoms with E-state index < -0.39 is 10.0 Å². The summed E-state index contributed by atoms with van der Waals surface area (Å²) >= 11 is 0. The van der Waals surface area contributed by atoms with Crippen molar-refractivity contribution < 1.29 is 18.3 Å². The minimum absolute atomic E-state index is 0.154. The van der Waals surface area contributed by atoms with Gasteiger partial charge in [-0.2, -0.15) is 4.31 Å². The normalized spacial score (nSPS) is 20.0. The van der Waals surface area contributed by atoms with Crippen LogP contribution in [0.2, 0.25) is 0 Å². The van der Waals surface area contributed by atoms with Gasteiger partial charge in [-0.3, -0.25) is 0 Å². The highest BCUT2D eigenvalue weighted by molar-refractivity contribution is 7.89. The third kappa shape index (κ3) is 3.45. The summed E-state index contributed by atoms with van der Waals surface area (Å²) in [7, 11) is -1.86. The fraction of sp³-hybridized carbons (Fsp3) is 0.600. The first kappa shape index (κ1) is 16.4. The zero-order valence-corrected chi connectivity index (χ0v) is 13.4. The summed E-state index contributed by atoms with van der Waals surface area (Å²) in [4.78, 5) is 0.328. The molecular weight excluding hydrogens is 290 g/mol. The van der Waals surface area contributed by atoms with E-state index >= 15 is 0 Å². The summed E-state index contributed by atoms with van der Waals surface area (Å²) in [5.74, 6) is 0.260. The molecule has 1 N–H and O–H groups in total. The Kier molecular flexibility index (Phi) is 5.37. The molecule has 118 valence electrons. The Labute approximate surface area is 126 Å². The number of aryl methyl sites for hydroxylation is 1. The van der Waals surface area contributed by atoms with E-state index in [1.54, 1.807) is 25.3 Å². The van der Waals surface area contributed by atoms with Crippen molar-refractivity contribution in [3.63, 3.8) is 0 Å². The number of hydrogen-bond acceptors (Lipinski definition) is 4. The summed E-state index contributed by atoms with van der Waals surface area (Å²) in [6.07, 6.45) is 1.48. The van der Waals surface area contributed by atoms with E-state index in [0.29, 0.717) is 36.6 Å². The smallest absolute Gasteiger partial charge is 0.243 e. The lowest BCUT2D eigenvalue weighted by Gasteiger charge is -2.19. The van der Waals surface area contributed by atoms with Crippen LogP contribution in [-0.4, -0.2) is 44.6 Å². The monoisotopic (exact) mass is 313 g/mol. The van der Waals surface area contributed by atoms with Crippen molar-refractivity contribution in [1.82, 2.24) is 4.31 Å². The van der Waals surface area contributed by atoms with Crippen LogP contribution in [0.15, 0.2) is 23.1 Å². The van der Waals surface area contributed by atoms with Crippen LogP contribution in [0.5, 0.6) is 0 Å². The Morgan fingerprint density at radius 2 is 2.19 bits per heavy atom. The number of aliphatic hydroxyl groups excluding tert-OH is 1. The zero-order chi connectivity index (χ0) is 15.5. The predicted octanol–water partition coefficient (Wildman–Crippen LogP) is 1.40. The minimum atomic E-state index is -3.50. The Hall–Kier alpha value is -0.950. The van der Waals surface area contributed by atoms with Gasteiger partial charge in [0.1, 0.15) is 0 Å². The molecule has 0 saturated carbocycles. The van der Waals surface area contributed by atoms with Gasteiger partial charge in [-0.05, 0) is 36.0 Å². The molecule has 1 saturated heterocycles. The number of hydrogen-bond donors (Lipinski definition) is 1. The number of nitrogens with zero attached hydrogens (tertiary/aromatic N) is 1. The van der Waals surface area contributed by atoms with Gasteiger partial charge in [0.2, 0.25) is 10.0 Å². The van der Waals surface area contributed by atoms with Gasteiger partial charge < -0.3 is 9.84 Å². The molecule has 0 radical (unpaired) electrons. The molecule has 0 aromatic heterocycles. The number of methoxy groups -OCH3 is 1. The van der Waals surface area contributed by atoms with Gasteiger partial charge in [0.05, 0.1) is 18.1 Å².